The number of aryl methyl sites for hydroxylation is 1. The molecule has 0 aliphatic heterocycles. The summed E-state index contributed by atoms with van der Waals surface area (Å²) in [5.74, 6) is 1.77. The Morgan fingerprint density at radius 1 is 1.09 bits per heavy atom. The van der Waals surface area contributed by atoms with Gasteiger partial charge >= 0.3 is 0 Å². The maximum absolute atomic E-state index is 5.92. The molecule has 3 nitrogen and oxygen atoms in total. The van der Waals surface area contributed by atoms with Crippen molar-refractivity contribution in [2.24, 2.45) is 0 Å². The third-order valence-electron chi connectivity index (χ3n) is 4.05. The Morgan fingerprint density at radius 2 is 1.96 bits per heavy atom. The average molecular weight is 306 g/mol. The molecule has 0 saturated carbocycles. The van der Waals surface area contributed by atoms with Gasteiger partial charge in [0.1, 0.15) is 11.5 Å². The Kier molecular flexibility index (Phi) is 4.30. The Balaban J connectivity index is 1.70. The van der Waals surface area contributed by atoms with Gasteiger partial charge in [-0.2, -0.15) is 0 Å². The Hall–Kier alpha value is -2.39. The summed E-state index contributed by atoms with van der Waals surface area (Å²) < 4.78 is 5.92. The van der Waals surface area contributed by atoms with Crippen molar-refractivity contribution in [3.63, 3.8) is 0 Å². The van der Waals surface area contributed by atoms with Gasteiger partial charge in [0, 0.05) is 23.5 Å². The monoisotopic (exact) mass is 306 g/mol. The quantitative estimate of drug-likeness (QED) is 0.744. The normalized spacial score (nSPS) is 11.6. The maximum Gasteiger partial charge on any atom is 0.135 e. The fourth-order valence-electron chi connectivity index (χ4n) is 2.58. The number of nitrogens with one attached hydrogen (secondary N) is 1. The number of rotatable bonds is 5. The van der Waals surface area contributed by atoms with Gasteiger partial charge in [0.2, 0.25) is 0 Å². The number of nitrogens with zero attached hydrogens (tertiary/aromatic N) is 1. The van der Waals surface area contributed by atoms with Gasteiger partial charge in [0.25, 0.3) is 0 Å². The second-order valence-corrected chi connectivity index (χ2v) is 6.36. The molecule has 118 valence electrons. The first-order valence-electron chi connectivity index (χ1n) is 7.86. The van der Waals surface area contributed by atoms with Crippen LogP contribution >= 0.6 is 0 Å². The van der Waals surface area contributed by atoms with Crippen LogP contribution in [0.5, 0.6) is 0 Å². The lowest BCUT2D eigenvalue weighted by Crippen LogP contribution is -2.35. The number of hydrogen-bond donors (Lipinski definition) is 1. The van der Waals surface area contributed by atoms with Crippen LogP contribution in [-0.2, 0) is 12.1 Å². The van der Waals surface area contributed by atoms with Crippen molar-refractivity contribution in [3.8, 4) is 11.3 Å². The van der Waals surface area contributed by atoms with Crippen LogP contribution in [0.3, 0.4) is 0 Å². The molecule has 23 heavy (non-hydrogen) atoms. The van der Waals surface area contributed by atoms with E-state index in [2.05, 4.69) is 55.3 Å². The van der Waals surface area contributed by atoms with Crippen molar-refractivity contribution >= 4 is 0 Å². The molecule has 0 amide bonds. The molecule has 0 bridgehead atoms. The van der Waals surface area contributed by atoms with Crippen LogP contribution in [0.15, 0.2) is 65.3 Å². The summed E-state index contributed by atoms with van der Waals surface area (Å²) >= 11 is 0. The fraction of sp³-hybridized carbons (Fsp3) is 0.250. The predicted molar refractivity (Wildman–Crippen MR) is 93.0 cm³/mol. The molecule has 0 saturated heterocycles. The molecule has 0 spiro atoms. The van der Waals surface area contributed by atoms with Crippen molar-refractivity contribution in [2.45, 2.75) is 32.9 Å². The predicted octanol–water partition coefficient (Wildman–Crippen LogP) is 4.67. The fourth-order valence-corrected chi connectivity index (χ4v) is 2.58. The van der Waals surface area contributed by atoms with E-state index < -0.39 is 0 Å². The smallest absolute Gasteiger partial charge is 0.135 e. The van der Waals surface area contributed by atoms with Crippen LogP contribution in [0.2, 0.25) is 0 Å². The van der Waals surface area contributed by atoms with E-state index in [1.54, 1.807) is 6.20 Å². The van der Waals surface area contributed by atoms with Crippen LogP contribution in [0, 0.1) is 6.92 Å². The molecule has 0 atom stereocenters. The molecule has 2 aromatic heterocycles. The second-order valence-electron chi connectivity index (χ2n) is 6.36. The summed E-state index contributed by atoms with van der Waals surface area (Å²) in [6.07, 6.45) is 3.58. The Morgan fingerprint density at radius 3 is 2.70 bits per heavy atom. The van der Waals surface area contributed by atoms with Gasteiger partial charge < -0.3 is 9.73 Å². The minimum atomic E-state index is -0.118. The lowest BCUT2D eigenvalue weighted by Gasteiger charge is -2.27. The molecule has 1 aromatic carbocycles. The zero-order valence-corrected chi connectivity index (χ0v) is 13.8. The molecule has 0 unspecified atom stereocenters. The van der Waals surface area contributed by atoms with E-state index in [0.717, 1.165) is 17.1 Å². The summed E-state index contributed by atoms with van der Waals surface area (Å²) in [7, 11) is 0. The highest BCUT2D eigenvalue weighted by Gasteiger charge is 2.20. The molecule has 0 aliphatic carbocycles. The summed E-state index contributed by atoms with van der Waals surface area (Å²) in [4.78, 5) is 4.13. The van der Waals surface area contributed by atoms with Crippen molar-refractivity contribution < 1.29 is 4.42 Å². The van der Waals surface area contributed by atoms with Crippen molar-refractivity contribution in [1.29, 1.82) is 0 Å². The first kappa shape index (κ1) is 15.5. The Bertz CT molecular complexity index is 775. The maximum atomic E-state index is 5.92. The van der Waals surface area contributed by atoms with E-state index >= 15 is 0 Å². The average Bonchev–Trinajstić information content (AvgIpc) is 3.03. The van der Waals surface area contributed by atoms with Gasteiger partial charge in [-0.1, -0.05) is 29.8 Å². The summed E-state index contributed by atoms with van der Waals surface area (Å²) in [5, 5.41) is 3.57. The standard InChI is InChI=1S/C20H22N2O/c1-15-6-4-8-17(12-15)20(2,3)22-14-18-9-10-19(23-18)16-7-5-11-21-13-16/h4-13,22H,14H2,1-3H3. The molecule has 0 fully saturated rings. The molecular weight excluding hydrogens is 284 g/mol. The molecule has 0 radical (unpaired) electrons. The van der Waals surface area contributed by atoms with Gasteiger partial charge in [-0.15, -0.1) is 0 Å². The highest BCUT2D eigenvalue weighted by Crippen LogP contribution is 2.24. The molecule has 3 aromatic rings. The number of hydrogen-bond acceptors (Lipinski definition) is 3. The van der Waals surface area contributed by atoms with Crippen LogP contribution < -0.4 is 5.32 Å². The van der Waals surface area contributed by atoms with Gasteiger partial charge in [-0.05, 0) is 50.6 Å². The number of benzene rings is 1. The highest BCUT2D eigenvalue weighted by molar-refractivity contribution is 5.55. The highest BCUT2D eigenvalue weighted by atomic mass is 16.3. The van der Waals surface area contributed by atoms with Crippen molar-refractivity contribution in [2.75, 3.05) is 0 Å². The number of aromatic nitrogens is 1. The zero-order valence-electron chi connectivity index (χ0n) is 13.8. The van der Waals surface area contributed by atoms with Crippen molar-refractivity contribution in [3.05, 3.63) is 77.8 Å². The van der Waals surface area contributed by atoms with E-state index in [4.69, 9.17) is 4.42 Å². The summed E-state index contributed by atoms with van der Waals surface area (Å²) in [6.45, 7) is 7.17. The van der Waals surface area contributed by atoms with Gasteiger partial charge in [0.05, 0.1) is 6.54 Å². The third kappa shape index (κ3) is 3.69. The second kappa shape index (κ2) is 6.39. The summed E-state index contributed by atoms with van der Waals surface area (Å²) in [6, 6.07) is 16.5. The lowest BCUT2D eigenvalue weighted by molar-refractivity contribution is 0.373. The first-order valence-corrected chi connectivity index (χ1v) is 7.86. The van der Waals surface area contributed by atoms with Gasteiger partial charge in [-0.25, -0.2) is 0 Å². The Labute approximate surface area is 137 Å². The van der Waals surface area contributed by atoms with Crippen LogP contribution in [0.1, 0.15) is 30.7 Å². The third-order valence-corrected chi connectivity index (χ3v) is 4.05. The van der Waals surface area contributed by atoms with E-state index in [9.17, 15) is 0 Å². The summed E-state index contributed by atoms with van der Waals surface area (Å²) in [5.41, 5.74) is 3.43. The zero-order chi connectivity index (χ0) is 16.3. The lowest BCUT2D eigenvalue weighted by atomic mass is 9.93. The number of pyridine rings is 1. The minimum absolute atomic E-state index is 0.118. The van der Waals surface area contributed by atoms with Crippen molar-refractivity contribution in [1.82, 2.24) is 10.3 Å². The van der Waals surface area contributed by atoms with Gasteiger partial charge in [0.15, 0.2) is 0 Å². The van der Waals surface area contributed by atoms with Crippen LogP contribution in [0.4, 0.5) is 0 Å². The topological polar surface area (TPSA) is 38.1 Å². The first-order chi connectivity index (χ1) is 11.0. The molecule has 2 heterocycles. The molecule has 3 rings (SSSR count). The largest absolute Gasteiger partial charge is 0.460 e. The van der Waals surface area contributed by atoms with E-state index in [1.165, 1.54) is 11.1 Å². The van der Waals surface area contributed by atoms with Crippen LogP contribution in [-0.4, -0.2) is 4.98 Å². The molecule has 3 heteroatoms. The SMILES string of the molecule is Cc1cccc(C(C)(C)NCc2ccc(-c3cccnc3)o2)c1. The van der Waals surface area contributed by atoms with E-state index in [-0.39, 0.29) is 5.54 Å². The molecular formula is C20H22N2O. The van der Waals surface area contributed by atoms with E-state index in [1.807, 2.05) is 30.5 Å². The van der Waals surface area contributed by atoms with Gasteiger partial charge in [-0.3, -0.25) is 4.98 Å². The number of furan rings is 1. The molecule has 1 N–H and O–H groups in total. The van der Waals surface area contributed by atoms with E-state index in [0.29, 0.717) is 6.54 Å². The van der Waals surface area contributed by atoms with Crippen LogP contribution in [0.25, 0.3) is 11.3 Å². The molecule has 0 aliphatic rings. The minimum Gasteiger partial charge on any atom is -0.460 e.